The van der Waals surface area contributed by atoms with Crippen molar-refractivity contribution in [3.8, 4) is 28.5 Å². The minimum atomic E-state index is -0.116. The van der Waals surface area contributed by atoms with Crippen molar-refractivity contribution in [2.75, 3.05) is 12.4 Å². The Bertz CT molecular complexity index is 1150. The van der Waals surface area contributed by atoms with Gasteiger partial charge in [-0.05, 0) is 36.4 Å². The van der Waals surface area contributed by atoms with Crippen molar-refractivity contribution in [2.24, 2.45) is 7.05 Å². The van der Waals surface area contributed by atoms with Crippen molar-refractivity contribution in [3.63, 3.8) is 0 Å². The molecule has 4 rings (SSSR count). The highest BCUT2D eigenvalue weighted by molar-refractivity contribution is 5.91. The molecule has 0 bridgehead atoms. The molecule has 152 valence electrons. The molecule has 0 fully saturated rings. The van der Waals surface area contributed by atoms with Gasteiger partial charge in [-0.25, -0.2) is 4.98 Å². The first-order valence-electron chi connectivity index (χ1n) is 9.46. The summed E-state index contributed by atoms with van der Waals surface area (Å²) >= 11 is 0. The van der Waals surface area contributed by atoms with Gasteiger partial charge in [0.25, 0.3) is 0 Å². The number of aromatic nitrogens is 4. The average molecular weight is 403 g/mol. The van der Waals surface area contributed by atoms with Gasteiger partial charge >= 0.3 is 0 Å². The lowest BCUT2D eigenvalue weighted by atomic mass is 10.2. The van der Waals surface area contributed by atoms with Crippen molar-refractivity contribution >= 4 is 11.6 Å². The second-order valence-electron chi connectivity index (χ2n) is 6.74. The lowest BCUT2D eigenvalue weighted by Crippen LogP contribution is -2.12. The van der Waals surface area contributed by atoms with E-state index in [1.54, 1.807) is 19.6 Å². The third-order valence-corrected chi connectivity index (χ3v) is 4.61. The molecule has 8 nitrogen and oxygen atoms in total. The molecule has 4 aromatic rings. The molecule has 1 amide bonds. The van der Waals surface area contributed by atoms with Crippen LogP contribution < -0.4 is 10.1 Å². The third kappa shape index (κ3) is 4.38. The van der Waals surface area contributed by atoms with Crippen LogP contribution in [0.3, 0.4) is 0 Å². The first kappa shape index (κ1) is 19.4. The Hall–Kier alpha value is -3.94. The van der Waals surface area contributed by atoms with E-state index in [4.69, 9.17) is 9.15 Å². The van der Waals surface area contributed by atoms with E-state index in [0.717, 1.165) is 22.7 Å². The summed E-state index contributed by atoms with van der Waals surface area (Å²) in [6, 6.07) is 15.0. The van der Waals surface area contributed by atoms with Crippen LogP contribution in [0.15, 0.2) is 65.5 Å². The second-order valence-corrected chi connectivity index (χ2v) is 6.74. The molecule has 0 aliphatic carbocycles. The number of benzene rings is 2. The summed E-state index contributed by atoms with van der Waals surface area (Å²) in [5, 5.41) is 10.9. The summed E-state index contributed by atoms with van der Waals surface area (Å²) in [6.07, 6.45) is 3.97. The van der Waals surface area contributed by atoms with Gasteiger partial charge in [0.15, 0.2) is 17.5 Å². The standard InChI is InChI=1S/C22H21N5O3/c1-27-14-24-26-22(27)16-4-3-5-17(12-16)25-20(28)10-11-21-23-13-19(30-21)15-6-8-18(29-2)9-7-15/h3-9,12-14H,10-11H2,1-2H3,(H,25,28). The highest BCUT2D eigenvalue weighted by atomic mass is 16.5. The molecule has 30 heavy (non-hydrogen) atoms. The number of ether oxygens (including phenoxy) is 1. The maximum atomic E-state index is 12.4. The number of anilines is 1. The van der Waals surface area contributed by atoms with E-state index in [1.165, 1.54) is 0 Å². The third-order valence-electron chi connectivity index (χ3n) is 4.61. The number of hydrogen-bond acceptors (Lipinski definition) is 6. The van der Waals surface area contributed by atoms with E-state index in [1.807, 2.05) is 60.1 Å². The van der Waals surface area contributed by atoms with Gasteiger partial charge in [0, 0.05) is 36.7 Å². The van der Waals surface area contributed by atoms with Gasteiger partial charge in [0.1, 0.15) is 12.1 Å². The Morgan fingerprint density at radius 2 is 2.00 bits per heavy atom. The molecule has 2 aromatic carbocycles. The summed E-state index contributed by atoms with van der Waals surface area (Å²) in [4.78, 5) is 16.6. The summed E-state index contributed by atoms with van der Waals surface area (Å²) in [6.45, 7) is 0. The van der Waals surface area contributed by atoms with Gasteiger partial charge < -0.3 is 19.0 Å². The number of carbonyl (C=O) groups excluding carboxylic acids is 1. The molecule has 0 saturated carbocycles. The van der Waals surface area contributed by atoms with Gasteiger partial charge in [-0.15, -0.1) is 10.2 Å². The van der Waals surface area contributed by atoms with E-state index in [9.17, 15) is 4.79 Å². The molecule has 0 spiro atoms. The molecule has 2 heterocycles. The molecule has 0 atom stereocenters. The normalized spacial score (nSPS) is 10.7. The molecule has 0 aliphatic rings. The molecule has 0 unspecified atom stereocenters. The summed E-state index contributed by atoms with van der Waals surface area (Å²) in [7, 11) is 3.50. The summed E-state index contributed by atoms with van der Waals surface area (Å²) < 4.78 is 12.8. The number of nitrogens with zero attached hydrogens (tertiary/aromatic N) is 4. The van der Waals surface area contributed by atoms with Crippen LogP contribution in [-0.2, 0) is 18.3 Å². The smallest absolute Gasteiger partial charge is 0.224 e. The molecular weight excluding hydrogens is 382 g/mol. The fourth-order valence-corrected chi connectivity index (χ4v) is 3.04. The minimum absolute atomic E-state index is 0.116. The first-order chi connectivity index (χ1) is 14.6. The maximum Gasteiger partial charge on any atom is 0.224 e. The van der Waals surface area contributed by atoms with Gasteiger partial charge in [0.2, 0.25) is 5.91 Å². The predicted molar refractivity (Wildman–Crippen MR) is 112 cm³/mol. The molecule has 0 saturated heterocycles. The number of oxazole rings is 1. The highest BCUT2D eigenvalue weighted by Gasteiger charge is 2.11. The fourth-order valence-electron chi connectivity index (χ4n) is 3.04. The van der Waals surface area contributed by atoms with Gasteiger partial charge in [0.05, 0.1) is 13.3 Å². The van der Waals surface area contributed by atoms with E-state index < -0.39 is 0 Å². The SMILES string of the molecule is COc1ccc(-c2cnc(CCC(=O)Nc3cccc(-c4nncn4C)c3)o2)cc1. The number of carbonyl (C=O) groups is 1. The van der Waals surface area contributed by atoms with Crippen molar-refractivity contribution in [1.82, 2.24) is 19.7 Å². The first-order valence-corrected chi connectivity index (χ1v) is 9.46. The van der Waals surface area contributed by atoms with Crippen molar-refractivity contribution in [3.05, 3.63) is 66.9 Å². The predicted octanol–water partition coefficient (Wildman–Crippen LogP) is 3.72. The molecular formula is C22H21N5O3. The Kier molecular flexibility index (Phi) is 5.56. The lowest BCUT2D eigenvalue weighted by molar-refractivity contribution is -0.116. The van der Waals surface area contributed by atoms with E-state index >= 15 is 0 Å². The quantitative estimate of drug-likeness (QED) is 0.505. The zero-order valence-corrected chi connectivity index (χ0v) is 16.7. The Labute approximate surface area is 173 Å². The Balaban J connectivity index is 1.35. The lowest BCUT2D eigenvalue weighted by Gasteiger charge is -2.07. The van der Waals surface area contributed by atoms with Crippen LogP contribution in [0.2, 0.25) is 0 Å². The van der Waals surface area contributed by atoms with Crippen LogP contribution >= 0.6 is 0 Å². The fraction of sp³-hybridized carbons (Fsp3) is 0.182. The zero-order chi connectivity index (χ0) is 20.9. The number of nitrogens with one attached hydrogen (secondary N) is 1. The van der Waals surface area contributed by atoms with Crippen LogP contribution in [0, 0.1) is 0 Å². The topological polar surface area (TPSA) is 95.1 Å². The molecule has 1 N–H and O–H groups in total. The number of aryl methyl sites for hydroxylation is 2. The maximum absolute atomic E-state index is 12.4. The second kappa shape index (κ2) is 8.60. The van der Waals surface area contributed by atoms with Crippen LogP contribution in [-0.4, -0.2) is 32.8 Å². The number of methoxy groups -OCH3 is 1. The van der Waals surface area contributed by atoms with Crippen molar-refractivity contribution < 1.29 is 13.9 Å². The van der Waals surface area contributed by atoms with Gasteiger partial charge in [-0.2, -0.15) is 0 Å². The van der Waals surface area contributed by atoms with Gasteiger partial charge in [-0.1, -0.05) is 12.1 Å². The average Bonchev–Trinajstić information content (AvgIpc) is 3.41. The van der Waals surface area contributed by atoms with E-state index in [2.05, 4.69) is 20.5 Å². The van der Waals surface area contributed by atoms with Crippen molar-refractivity contribution in [2.45, 2.75) is 12.8 Å². The van der Waals surface area contributed by atoms with E-state index in [-0.39, 0.29) is 12.3 Å². The number of amides is 1. The Morgan fingerprint density at radius 3 is 2.73 bits per heavy atom. The number of hydrogen-bond donors (Lipinski definition) is 1. The van der Waals surface area contributed by atoms with Crippen LogP contribution in [0.5, 0.6) is 5.75 Å². The largest absolute Gasteiger partial charge is 0.497 e. The zero-order valence-electron chi connectivity index (χ0n) is 16.7. The Morgan fingerprint density at radius 1 is 1.17 bits per heavy atom. The summed E-state index contributed by atoms with van der Waals surface area (Å²) in [5.41, 5.74) is 2.48. The minimum Gasteiger partial charge on any atom is -0.497 e. The highest BCUT2D eigenvalue weighted by Crippen LogP contribution is 2.24. The number of rotatable bonds is 7. The van der Waals surface area contributed by atoms with Crippen LogP contribution in [0.4, 0.5) is 5.69 Å². The van der Waals surface area contributed by atoms with Crippen molar-refractivity contribution in [1.29, 1.82) is 0 Å². The monoisotopic (exact) mass is 403 g/mol. The summed E-state index contributed by atoms with van der Waals surface area (Å²) in [5.74, 6) is 2.57. The van der Waals surface area contributed by atoms with E-state index in [0.29, 0.717) is 23.8 Å². The molecule has 2 aromatic heterocycles. The molecule has 8 heteroatoms. The van der Waals surface area contributed by atoms with Crippen LogP contribution in [0.25, 0.3) is 22.7 Å². The molecule has 0 radical (unpaired) electrons. The van der Waals surface area contributed by atoms with Gasteiger partial charge in [-0.3, -0.25) is 4.79 Å². The molecule has 0 aliphatic heterocycles. The van der Waals surface area contributed by atoms with Crippen LogP contribution in [0.1, 0.15) is 12.3 Å².